The first-order valence-electron chi connectivity index (χ1n) is 12.1. The number of benzene rings is 3. The second-order valence-electron chi connectivity index (χ2n) is 8.98. The van der Waals surface area contributed by atoms with Crippen LogP contribution in [0.4, 0.5) is 0 Å². The lowest BCUT2D eigenvalue weighted by Gasteiger charge is -2.27. The first-order valence-corrected chi connectivity index (χ1v) is 12.1. The predicted molar refractivity (Wildman–Crippen MR) is 128 cm³/mol. The highest BCUT2D eigenvalue weighted by molar-refractivity contribution is 5.85. The molecule has 1 fully saturated rings. The minimum Gasteiger partial charge on any atom is -0.493 e. The number of para-hydroxylation sites is 2. The van der Waals surface area contributed by atoms with Gasteiger partial charge in [-0.25, -0.2) is 0 Å². The zero-order valence-electron chi connectivity index (χ0n) is 19.4. The van der Waals surface area contributed by atoms with Gasteiger partial charge in [-0.15, -0.1) is 0 Å². The number of rotatable bonds is 7. The molecule has 0 bridgehead atoms. The van der Waals surface area contributed by atoms with Crippen molar-refractivity contribution >= 4 is 5.97 Å². The number of hydrogen-bond acceptors (Lipinski definition) is 7. The molecule has 3 aromatic rings. The molecule has 0 N–H and O–H groups in total. The maximum Gasteiger partial charge on any atom is 0.318 e. The van der Waals surface area contributed by atoms with Crippen molar-refractivity contribution in [2.45, 2.75) is 24.9 Å². The number of ether oxygens (including phenoxy) is 5. The monoisotopic (exact) mass is 473 g/mol. The van der Waals surface area contributed by atoms with Crippen molar-refractivity contribution in [1.29, 1.82) is 0 Å². The third-order valence-electron chi connectivity index (χ3n) is 6.66. The van der Waals surface area contributed by atoms with Crippen molar-refractivity contribution in [3.05, 3.63) is 77.9 Å². The Labute approximate surface area is 204 Å². The Morgan fingerprint density at radius 3 is 2.46 bits per heavy atom. The zero-order valence-corrected chi connectivity index (χ0v) is 19.4. The average Bonchev–Trinajstić information content (AvgIpc) is 3.54. The van der Waals surface area contributed by atoms with Crippen LogP contribution in [-0.4, -0.2) is 50.0 Å². The summed E-state index contributed by atoms with van der Waals surface area (Å²) in [7, 11) is 0. The summed E-state index contributed by atoms with van der Waals surface area (Å²) in [6.07, 6.45) is 1.61. The van der Waals surface area contributed by atoms with Gasteiger partial charge >= 0.3 is 5.97 Å². The molecule has 0 amide bonds. The molecule has 1 atom stereocenters. The highest BCUT2D eigenvalue weighted by atomic mass is 16.7. The summed E-state index contributed by atoms with van der Waals surface area (Å²) in [5, 5.41) is 0. The molecule has 0 spiro atoms. The van der Waals surface area contributed by atoms with Crippen molar-refractivity contribution in [3.63, 3.8) is 0 Å². The highest BCUT2D eigenvalue weighted by Gasteiger charge is 2.36. The van der Waals surface area contributed by atoms with Gasteiger partial charge in [0.1, 0.15) is 29.3 Å². The van der Waals surface area contributed by atoms with Gasteiger partial charge in [0.25, 0.3) is 0 Å². The van der Waals surface area contributed by atoms with E-state index in [0.29, 0.717) is 18.1 Å². The van der Waals surface area contributed by atoms with Gasteiger partial charge in [0.05, 0.1) is 6.61 Å². The molecule has 35 heavy (non-hydrogen) atoms. The molecule has 0 aliphatic carbocycles. The number of fused-ring (bicyclic) bond motifs is 3. The molecule has 3 heterocycles. The number of nitrogens with zero attached hydrogens (tertiary/aromatic N) is 1. The summed E-state index contributed by atoms with van der Waals surface area (Å²) in [6, 6.07) is 21.0. The Kier molecular flexibility index (Phi) is 5.92. The van der Waals surface area contributed by atoms with E-state index < -0.39 is 5.92 Å². The lowest BCUT2D eigenvalue weighted by atomic mass is 9.88. The highest BCUT2D eigenvalue weighted by Crippen LogP contribution is 2.44. The Bertz CT molecular complexity index is 1180. The largest absolute Gasteiger partial charge is 0.493 e. The second-order valence-corrected chi connectivity index (χ2v) is 8.98. The Balaban J connectivity index is 1.02. The minimum atomic E-state index is -0.472. The minimum absolute atomic E-state index is 0.112. The molecule has 7 heteroatoms. The van der Waals surface area contributed by atoms with E-state index in [1.165, 1.54) is 0 Å². The van der Waals surface area contributed by atoms with Gasteiger partial charge in [-0.1, -0.05) is 36.4 Å². The first kappa shape index (κ1) is 21.8. The van der Waals surface area contributed by atoms with Crippen molar-refractivity contribution in [2.75, 3.05) is 33.0 Å². The van der Waals surface area contributed by atoms with Gasteiger partial charge in [-0.3, -0.25) is 9.69 Å². The number of hydrogen-bond donors (Lipinski definition) is 0. The van der Waals surface area contributed by atoms with Crippen molar-refractivity contribution in [2.24, 2.45) is 0 Å². The fourth-order valence-corrected chi connectivity index (χ4v) is 4.94. The van der Waals surface area contributed by atoms with E-state index in [0.717, 1.165) is 60.9 Å². The molecular formula is C28H27NO6. The topological polar surface area (TPSA) is 66.5 Å². The van der Waals surface area contributed by atoms with Gasteiger partial charge in [0.15, 0.2) is 11.5 Å². The molecule has 7 nitrogen and oxygen atoms in total. The molecule has 1 saturated heterocycles. The average molecular weight is 474 g/mol. The van der Waals surface area contributed by atoms with Crippen LogP contribution in [0, 0.1) is 0 Å². The molecule has 3 aromatic carbocycles. The quantitative estimate of drug-likeness (QED) is 0.363. The Hall–Kier alpha value is -3.71. The third-order valence-corrected chi connectivity index (χ3v) is 6.66. The summed E-state index contributed by atoms with van der Waals surface area (Å²) in [5.74, 6) is 2.99. The maximum atomic E-state index is 13.3. The fourth-order valence-electron chi connectivity index (χ4n) is 4.94. The van der Waals surface area contributed by atoms with Crippen LogP contribution in [0.5, 0.6) is 28.7 Å². The molecular weight excluding hydrogens is 446 g/mol. The van der Waals surface area contributed by atoms with Gasteiger partial charge in [0.2, 0.25) is 6.79 Å². The van der Waals surface area contributed by atoms with E-state index in [1.807, 2.05) is 66.7 Å². The van der Waals surface area contributed by atoms with Gasteiger partial charge in [0, 0.05) is 36.8 Å². The first-order chi connectivity index (χ1) is 17.2. The lowest BCUT2D eigenvalue weighted by molar-refractivity contribution is -0.149. The van der Waals surface area contributed by atoms with E-state index in [1.54, 1.807) is 0 Å². The van der Waals surface area contributed by atoms with E-state index in [9.17, 15) is 4.79 Å². The van der Waals surface area contributed by atoms with Crippen LogP contribution in [0.1, 0.15) is 29.9 Å². The normalized spacial score (nSPS) is 18.5. The van der Waals surface area contributed by atoms with Gasteiger partial charge < -0.3 is 23.7 Å². The number of carbonyl (C=O) groups excluding carboxylic acids is 1. The molecule has 1 unspecified atom stereocenters. The van der Waals surface area contributed by atoms with E-state index in [4.69, 9.17) is 23.7 Å². The summed E-state index contributed by atoms with van der Waals surface area (Å²) in [4.78, 5) is 15.7. The van der Waals surface area contributed by atoms with Crippen LogP contribution in [-0.2, 0) is 9.53 Å². The summed E-state index contributed by atoms with van der Waals surface area (Å²) < 4.78 is 28.6. The van der Waals surface area contributed by atoms with Crippen LogP contribution in [0.15, 0.2) is 66.7 Å². The SMILES string of the molecule is O=C(OC1CCN(CCCOc2ccc3c(c2)OCO3)C1)C1c2ccccc2Oc2ccccc21. The van der Waals surface area contributed by atoms with Crippen LogP contribution in [0.2, 0.25) is 0 Å². The van der Waals surface area contributed by atoms with Gasteiger partial charge in [-0.2, -0.15) is 0 Å². The van der Waals surface area contributed by atoms with Crippen molar-refractivity contribution in [1.82, 2.24) is 4.90 Å². The van der Waals surface area contributed by atoms with Crippen LogP contribution in [0.3, 0.4) is 0 Å². The van der Waals surface area contributed by atoms with Crippen LogP contribution >= 0.6 is 0 Å². The molecule has 0 saturated carbocycles. The lowest BCUT2D eigenvalue weighted by Crippen LogP contribution is -2.29. The molecule has 3 aliphatic heterocycles. The number of likely N-dealkylation sites (tertiary alicyclic amines) is 1. The maximum absolute atomic E-state index is 13.3. The molecule has 0 aromatic heterocycles. The summed E-state index contributed by atoms with van der Waals surface area (Å²) in [6.45, 7) is 3.40. The molecule has 3 aliphatic rings. The second kappa shape index (κ2) is 9.50. The van der Waals surface area contributed by atoms with E-state index in [-0.39, 0.29) is 18.9 Å². The van der Waals surface area contributed by atoms with E-state index in [2.05, 4.69) is 4.90 Å². The predicted octanol–water partition coefficient (Wildman–Crippen LogP) is 4.74. The molecule has 0 radical (unpaired) electrons. The fraction of sp³-hybridized carbons (Fsp3) is 0.321. The van der Waals surface area contributed by atoms with Crippen LogP contribution in [0.25, 0.3) is 0 Å². The standard InChI is InChI=1S/C28H27NO6/c30-28(27-21-6-1-3-8-23(21)35-24-9-4-2-7-22(24)27)34-20-12-14-29(17-20)13-5-15-31-19-10-11-25-26(16-19)33-18-32-25/h1-4,6-11,16,20,27H,5,12-15,17-18H2. The summed E-state index contributed by atoms with van der Waals surface area (Å²) >= 11 is 0. The van der Waals surface area contributed by atoms with Crippen LogP contribution < -0.4 is 18.9 Å². The van der Waals surface area contributed by atoms with Gasteiger partial charge in [-0.05, 0) is 37.1 Å². The van der Waals surface area contributed by atoms with E-state index >= 15 is 0 Å². The Morgan fingerprint density at radius 2 is 1.66 bits per heavy atom. The molecule has 6 rings (SSSR count). The number of carbonyl (C=O) groups is 1. The smallest absolute Gasteiger partial charge is 0.318 e. The number of esters is 1. The van der Waals surface area contributed by atoms with Crippen molar-refractivity contribution in [3.8, 4) is 28.7 Å². The van der Waals surface area contributed by atoms with Crippen molar-refractivity contribution < 1.29 is 28.5 Å². The molecule has 180 valence electrons. The summed E-state index contributed by atoms with van der Waals surface area (Å²) in [5.41, 5.74) is 1.71. The Morgan fingerprint density at radius 1 is 0.914 bits per heavy atom. The zero-order chi connectivity index (χ0) is 23.6. The third kappa shape index (κ3) is 4.51.